The molecule has 17 rings (SSSR count). The Morgan fingerprint density at radius 3 is 0.988 bits per heavy atom. The van der Waals surface area contributed by atoms with Crippen LogP contribution in [-0.4, -0.2) is 15.8 Å². The molecule has 4 heterocycles. The van der Waals surface area contributed by atoms with E-state index in [0.29, 0.717) is 0 Å². The van der Waals surface area contributed by atoms with Gasteiger partial charge in [0, 0.05) is 78.2 Å². The van der Waals surface area contributed by atoms with Crippen LogP contribution in [-0.2, 0) is 0 Å². The van der Waals surface area contributed by atoms with Gasteiger partial charge >= 0.3 is 0 Å². The monoisotopic (exact) mass is 1050 g/mol. The van der Waals surface area contributed by atoms with Crippen LogP contribution in [0.5, 0.6) is 0 Å². The van der Waals surface area contributed by atoms with Crippen molar-refractivity contribution in [2.45, 2.75) is 0 Å². The topological polar surface area (TPSA) is 16.3 Å². The van der Waals surface area contributed by atoms with Crippen molar-refractivity contribution in [3.05, 3.63) is 309 Å². The molecule has 0 bridgehead atoms. The number of anilines is 6. The van der Waals surface area contributed by atoms with Gasteiger partial charge in [-0.2, -0.15) is 0 Å². The van der Waals surface area contributed by atoms with Crippen LogP contribution in [0.25, 0.3) is 99.5 Å². The predicted octanol–water partition coefficient (Wildman–Crippen LogP) is 18.6. The van der Waals surface area contributed by atoms with Crippen LogP contribution < -0.4 is 26.2 Å². The molecule has 0 spiro atoms. The molecule has 0 N–H and O–H groups in total. The molecule has 83 heavy (non-hydrogen) atoms. The molecule has 0 saturated heterocycles. The van der Waals surface area contributed by atoms with E-state index in [4.69, 9.17) is 0 Å². The molecule has 4 nitrogen and oxygen atoms in total. The van der Waals surface area contributed by atoms with Gasteiger partial charge in [0.05, 0.1) is 22.1 Å². The fourth-order valence-electron chi connectivity index (χ4n) is 13.9. The number of fused-ring (bicyclic) bond motifs is 10. The summed E-state index contributed by atoms with van der Waals surface area (Å²) in [6.45, 7) is -0.0207. The Hall–Kier alpha value is -10.9. The molecular weight excluding hydrogens is 1000 g/mol. The fourth-order valence-corrected chi connectivity index (χ4v) is 13.9. The van der Waals surface area contributed by atoms with Gasteiger partial charge in [-0.1, -0.05) is 224 Å². The second-order valence-corrected chi connectivity index (χ2v) is 22.0. The van der Waals surface area contributed by atoms with Gasteiger partial charge in [0.25, 0.3) is 6.71 Å². The first kappa shape index (κ1) is 47.0. The van der Waals surface area contributed by atoms with Gasteiger partial charge in [0.1, 0.15) is 0 Å². The van der Waals surface area contributed by atoms with Crippen LogP contribution in [0.15, 0.2) is 309 Å². The van der Waals surface area contributed by atoms with Crippen molar-refractivity contribution in [2.24, 2.45) is 0 Å². The number of benzene rings is 13. The van der Waals surface area contributed by atoms with E-state index in [9.17, 15) is 0 Å². The summed E-state index contributed by atoms with van der Waals surface area (Å²) in [5.41, 5.74) is 27.5. The third kappa shape index (κ3) is 7.34. The highest BCUT2D eigenvalue weighted by Crippen LogP contribution is 2.47. The zero-order valence-corrected chi connectivity index (χ0v) is 45.3. The third-order valence-corrected chi connectivity index (χ3v) is 17.5. The normalized spacial score (nSPS) is 12.5. The van der Waals surface area contributed by atoms with Crippen molar-refractivity contribution >= 4 is 101 Å². The van der Waals surface area contributed by atoms with Crippen molar-refractivity contribution in [3.8, 4) is 55.9 Å². The summed E-state index contributed by atoms with van der Waals surface area (Å²) in [6.07, 6.45) is 0. The first-order valence-corrected chi connectivity index (χ1v) is 28.7. The Bertz CT molecular complexity index is 4700. The molecule has 0 unspecified atom stereocenters. The largest absolute Gasteiger partial charge is 0.311 e. The lowest BCUT2D eigenvalue weighted by atomic mass is 9.33. The van der Waals surface area contributed by atoms with Gasteiger partial charge in [-0.05, 0) is 135 Å². The van der Waals surface area contributed by atoms with E-state index in [1.807, 2.05) is 0 Å². The minimum absolute atomic E-state index is 0.0207. The van der Waals surface area contributed by atoms with Gasteiger partial charge in [-0.3, -0.25) is 0 Å². The van der Waals surface area contributed by atoms with E-state index in [0.717, 1.165) is 22.7 Å². The maximum Gasteiger partial charge on any atom is 0.252 e. The first-order chi connectivity index (χ1) is 41.2. The summed E-state index contributed by atoms with van der Waals surface area (Å²) in [5, 5.41) is 5.01. The van der Waals surface area contributed by atoms with Crippen LogP contribution in [0.3, 0.4) is 0 Å². The lowest BCUT2D eigenvalue weighted by Gasteiger charge is -2.44. The zero-order chi connectivity index (χ0) is 54.5. The molecule has 0 fully saturated rings. The molecule has 386 valence electrons. The standard InChI is InChI=1S/C78H51BN4/c1-5-20-58(21-6-1)80-72-36-19-37-73-76(72)79(68-48-46-56(50-74(68)80)52-38-42-54(43-39-52)62-30-17-32-66-64-28-13-15-34-70(64)82(77(62)66)60-24-9-3-10-25-60)69-49-47-57(51-75(69)81(73)59-22-7-2-8-23-59)53-40-44-55(45-41-53)63-31-18-33-67-65-29-14-16-35-71(65)83(78(63)67)61-26-11-4-12-27-61/h1-51H. The van der Waals surface area contributed by atoms with Gasteiger partial charge < -0.3 is 18.9 Å². The van der Waals surface area contributed by atoms with Gasteiger partial charge in [-0.25, -0.2) is 0 Å². The number of hydrogen-bond acceptors (Lipinski definition) is 2. The summed E-state index contributed by atoms with van der Waals surface area (Å²) in [7, 11) is 0. The number of aromatic nitrogens is 2. The minimum atomic E-state index is -0.0207. The second kappa shape index (κ2) is 18.9. The van der Waals surface area contributed by atoms with E-state index in [-0.39, 0.29) is 6.71 Å². The molecule has 2 aliphatic rings. The molecule has 2 aromatic heterocycles. The van der Waals surface area contributed by atoms with Crippen LogP contribution in [0, 0.1) is 0 Å². The molecule has 2 aliphatic heterocycles. The van der Waals surface area contributed by atoms with E-state index in [1.165, 1.54) is 127 Å². The molecule has 15 aromatic rings. The predicted molar refractivity (Wildman–Crippen MR) is 351 cm³/mol. The fraction of sp³-hybridized carbons (Fsp3) is 0. The van der Waals surface area contributed by atoms with Crippen molar-refractivity contribution in [1.29, 1.82) is 0 Å². The van der Waals surface area contributed by atoms with E-state index < -0.39 is 0 Å². The number of hydrogen-bond donors (Lipinski definition) is 0. The number of para-hydroxylation sites is 8. The highest BCUT2D eigenvalue weighted by atomic mass is 15.2. The minimum Gasteiger partial charge on any atom is -0.311 e. The van der Waals surface area contributed by atoms with Gasteiger partial charge in [0.2, 0.25) is 0 Å². The van der Waals surface area contributed by atoms with Crippen molar-refractivity contribution in [2.75, 3.05) is 9.80 Å². The molecule has 0 radical (unpaired) electrons. The number of rotatable bonds is 8. The van der Waals surface area contributed by atoms with Gasteiger partial charge in [0.15, 0.2) is 0 Å². The van der Waals surface area contributed by atoms with Crippen LogP contribution >= 0.6 is 0 Å². The molecule has 0 amide bonds. The van der Waals surface area contributed by atoms with Crippen LogP contribution in [0.4, 0.5) is 34.1 Å². The average molecular weight is 1060 g/mol. The summed E-state index contributed by atoms with van der Waals surface area (Å²) in [6, 6.07) is 114. The zero-order valence-electron chi connectivity index (χ0n) is 45.3. The van der Waals surface area contributed by atoms with Crippen LogP contribution in [0.2, 0.25) is 0 Å². The lowest BCUT2D eigenvalue weighted by Crippen LogP contribution is -2.61. The van der Waals surface area contributed by atoms with Crippen LogP contribution in [0.1, 0.15) is 0 Å². The highest BCUT2D eigenvalue weighted by Gasteiger charge is 2.43. The highest BCUT2D eigenvalue weighted by molar-refractivity contribution is 7.00. The molecule has 13 aromatic carbocycles. The first-order valence-electron chi connectivity index (χ1n) is 28.7. The van der Waals surface area contributed by atoms with Crippen molar-refractivity contribution in [3.63, 3.8) is 0 Å². The van der Waals surface area contributed by atoms with Crippen molar-refractivity contribution < 1.29 is 0 Å². The molecular formula is C78H51BN4. The SMILES string of the molecule is c1ccc(N2c3cc(-c4ccc(-c5cccc6c7ccccc7n(-c7ccccc7)c56)cc4)ccc3B3c4ccc(-c5ccc(-c6cccc7c8ccccc8n(-c8ccccc8)c67)cc5)cc4N(c4ccccc4)c4cccc2c43)cc1. The summed E-state index contributed by atoms with van der Waals surface area (Å²) in [4.78, 5) is 4.99. The van der Waals surface area contributed by atoms with E-state index in [1.54, 1.807) is 0 Å². The van der Waals surface area contributed by atoms with Crippen molar-refractivity contribution in [1.82, 2.24) is 9.13 Å². The Kier molecular flexibility index (Phi) is 10.7. The third-order valence-electron chi connectivity index (χ3n) is 17.5. The Morgan fingerprint density at radius 2 is 0.566 bits per heavy atom. The Morgan fingerprint density at radius 1 is 0.229 bits per heavy atom. The van der Waals surface area contributed by atoms with E-state index in [2.05, 4.69) is 328 Å². The Balaban J connectivity index is 0.788. The smallest absolute Gasteiger partial charge is 0.252 e. The van der Waals surface area contributed by atoms with E-state index >= 15 is 0 Å². The molecule has 0 aliphatic carbocycles. The summed E-state index contributed by atoms with van der Waals surface area (Å²) >= 11 is 0. The number of nitrogens with zero attached hydrogens (tertiary/aromatic N) is 4. The summed E-state index contributed by atoms with van der Waals surface area (Å²) in [5.74, 6) is 0. The molecule has 0 atom stereocenters. The maximum atomic E-state index is 2.50. The molecule has 0 saturated carbocycles. The quantitative estimate of drug-likeness (QED) is 0.141. The maximum absolute atomic E-state index is 2.50. The Labute approximate surface area is 482 Å². The summed E-state index contributed by atoms with van der Waals surface area (Å²) < 4.78 is 4.85. The second-order valence-electron chi connectivity index (χ2n) is 22.0. The van der Waals surface area contributed by atoms with Gasteiger partial charge in [-0.15, -0.1) is 0 Å². The molecule has 5 heteroatoms. The average Bonchev–Trinajstić information content (AvgIpc) is 4.00. The lowest BCUT2D eigenvalue weighted by molar-refractivity contribution is 1.18.